The Morgan fingerprint density at radius 2 is 1.71 bits per heavy atom. The molecule has 2 unspecified atom stereocenters. The summed E-state index contributed by atoms with van der Waals surface area (Å²) < 4.78 is 5.72. The predicted octanol–water partition coefficient (Wildman–Crippen LogP) is 3.86. The molecule has 0 aromatic heterocycles. The van der Waals surface area contributed by atoms with Crippen molar-refractivity contribution >= 4 is 30.0 Å². The standard InChI is InChI=1S/C21H26N2O4.ClH/c1-3-7-19(21(25)26)22-15(2)20(24)23-17-10-12-18(13-11-17)27-14-16-8-5-4-6-9-16;/h4-6,8-13,15,19,22H,3,7,14H2,1-2H3,(H,23,24)(H,25,26);1H. The van der Waals surface area contributed by atoms with E-state index >= 15 is 0 Å². The van der Waals surface area contributed by atoms with E-state index in [2.05, 4.69) is 10.6 Å². The van der Waals surface area contributed by atoms with E-state index in [-0.39, 0.29) is 18.3 Å². The average Bonchev–Trinajstić information content (AvgIpc) is 2.67. The van der Waals surface area contributed by atoms with Gasteiger partial charge in [0.1, 0.15) is 18.4 Å². The van der Waals surface area contributed by atoms with E-state index < -0.39 is 18.1 Å². The summed E-state index contributed by atoms with van der Waals surface area (Å²) in [6, 6.07) is 15.6. The molecule has 0 saturated heterocycles. The van der Waals surface area contributed by atoms with Crippen molar-refractivity contribution in [2.24, 2.45) is 0 Å². The molecule has 3 N–H and O–H groups in total. The number of ether oxygens (including phenoxy) is 1. The topological polar surface area (TPSA) is 87.7 Å². The van der Waals surface area contributed by atoms with E-state index in [1.54, 1.807) is 31.2 Å². The predicted molar refractivity (Wildman–Crippen MR) is 112 cm³/mol. The Hall–Kier alpha value is -2.57. The molecule has 0 spiro atoms. The Morgan fingerprint density at radius 1 is 1.07 bits per heavy atom. The number of halogens is 1. The molecular weight excluding hydrogens is 380 g/mol. The number of carbonyl (C=O) groups is 2. The first-order valence-corrected chi connectivity index (χ1v) is 9.06. The van der Waals surface area contributed by atoms with Gasteiger partial charge >= 0.3 is 5.97 Å². The lowest BCUT2D eigenvalue weighted by Crippen LogP contribution is -2.47. The summed E-state index contributed by atoms with van der Waals surface area (Å²) in [5.41, 5.74) is 1.71. The lowest BCUT2D eigenvalue weighted by atomic mass is 10.1. The molecule has 7 heteroatoms. The lowest BCUT2D eigenvalue weighted by Gasteiger charge is -2.19. The molecule has 2 aromatic carbocycles. The second-order valence-corrected chi connectivity index (χ2v) is 6.36. The lowest BCUT2D eigenvalue weighted by molar-refractivity contribution is -0.140. The molecule has 0 saturated carbocycles. The van der Waals surface area contributed by atoms with Crippen molar-refractivity contribution in [2.45, 2.75) is 45.4 Å². The Balaban J connectivity index is 0.00000392. The highest BCUT2D eigenvalue weighted by molar-refractivity contribution is 5.95. The summed E-state index contributed by atoms with van der Waals surface area (Å²) in [5, 5.41) is 14.8. The second kappa shape index (κ2) is 12.0. The highest BCUT2D eigenvalue weighted by atomic mass is 35.5. The maximum Gasteiger partial charge on any atom is 0.320 e. The molecule has 2 aromatic rings. The Kier molecular flexibility index (Phi) is 10.1. The minimum atomic E-state index is -0.948. The third-order valence-corrected chi connectivity index (χ3v) is 4.09. The number of benzene rings is 2. The van der Waals surface area contributed by atoms with Crippen LogP contribution in [0.5, 0.6) is 5.75 Å². The average molecular weight is 407 g/mol. The quantitative estimate of drug-likeness (QED) is 0.557. The first-order valence-electron chi connectivity index (χ1n) is 9.06. The number of carboxylic acids is 1. The Bertz CT molecular complexity index is 738. The summed E-state index contributed by atoms with van der Waals surface area (Å²) in [4.78, 5) is 23.5. The van der Waals surface area contributed by atoms with Crippen LogP contribution in [0.25, 0.3) is 0 Å². The van der Waals surface area contributed by atoms with Gasteiger partial charge in [-0.1, -0.05) is 43.7 Å². The maximum atomic E-state index is 12.3. The summed E-state index contributed by atoms with van der Waals surface area (Å²) in [6.07, 6.45) is 1.20. The largest absolute Gasteiger partial charge is 0.489 e. The first kappa shape index (κ1) is 23.5. The molecule has 28 heavy (non-hydrogen) atoms. The number of hydrogen-bond acceptors (Lipinski definition) is 4. The molecule has 152 valence electrons. The molecule has 0 aliphatic carbocycles. The molecule has 0 heterocycles. The van der Waals surface area contributed by atoms with Crippen LogP contribution in [-0.2, 0) is 16.2 Å². The van der Waals surface area contributed by atoms with Crippen LogP contribution in [0.3, 0.4) is 0 Å². The van der Waals surface area contributed by atoms with Crippen LogP contribution in [-0.4, -0.2) is 29.1 Å². The number of anilines is 1. The van der Waals surface area contributed by atoms with Gasteiger partial charge in [-0.05, 0) is 43.2 Å². The van der Waals surface area contributed by atoms with Gasteiger partial charge in [-0.15, -0.1) is 12.4 Å². The molecule has 2 rings (SSSR count). The van der Waals surface area contributed by atoms with Crippen molar-refractivity contribution in [3.8, 4) is 5.75 Å². The summed E-state index contributed by atoms with van der Waals surface area (Å²) >= 11 is 0. The fourth-order valence-electron chi connectivity index (χ4n) is 2.57. The fraction of sp³-hybridized carbons (Fsp3) is 0.333. The number of amides is 1. The van der Waals surface area contributed by atoms with E-state index in [9.17, 15) is 14.7 Å². The normalized spacial score (nSPS) is 12.4. The summed E-state index contributed by atoms with van der Waals surface area (Å²) in [6.45, 7) is 4.03. The number of rotatable bonds is 10. The third-order valence-electron chi connectivity index (χ3n) is 4.09. The minimum Gasteiger partial charge on any atom is -0.489 e. The van der Waals surface area contributed by atoms with Crippen LogP contribution < -0.4 is 15.4 Å². The van der Waals surface area contributed by atoms with Gasteiger partial charge in [0, 0.05) is 5.69 Å². The number of aliphatic carboxylic acids is 1. The molecule has 2 atom stereocenters. The van der Waals surface area contributed by atoms with E-state index in [4.69, 9.17) is 4.74 Å². The summed E-state index contributed by atoms with van der Waals surface area (Å²) in [7, 11) is 0. The number of carbonyl (C=O) groups excluding carboxylic acids is 1. The zero-order valence-corrected chi connectivity index (χ0v) is 16.9. The van der Waals surface area contributed by atoms with Crippen molar-refractivity contribution in [1.29, 1.82) is 0 Å². The van der Waals surface area contributed by atoms with Crippen LogP contribution in [0.1, 0.15) is 32.3 Å². The second-order valence-electron chi connectivity index (χ2n) is 6.36. The van der Waals surface area contributed by atoms with Crippen molar-refractivity contribution in [3.63, 3.8) is 0 Å². The van der Waals surface area contributed by atoms with Crippen molar-refractivity contribution < 1.29 is 19.4 Å². The smallest absolute Gasteiger partial charge is 0.320 e. The Morgan fingerprint density at radius 3 is 2.29 bits per heavy atom. The molecule has 0 radical (unpaired) electrons. The van der Waals surface area contributed by atoms with Crippen LogP contribution in [0.2, 0.25) is 0 Å². The van der Waals surface area contributed by atoms with Gasteiger partial charge in [0.05, 0.1) is 6.04 Å². The number of carboxylic acid groups (broad SMARTS) is 1. The number of nitrogens with one attached hydrogen (secondary N) is 2. The van der Waals surface area contributed by atoms with Crippen molar-refractivity contribution in [2.75, 3.05) is 5.32 Å². The molecular formula is C21H27ClN2O4. The molecule has 1 amide bonds. The maximum absolute atomic E-state index is 12.3. The number of hydrogen-bond donors (Lipinski definition) is 3. The van der Waals surface area contributed by atoms with Crippen LogP contribution in [0.15, 0.2) is 54.6 Å². The van der Waals surface area contributed by atoms with Gasteiger partial charge in [-0.25, -0.2) is 0 Å². The molecule has 0 aliphatic heterocycles. The highest BCUT2D eigenvalue weighted by Gasteiger charge is 2.22. The fourth-order valence-corrected chi connectivity index (χ4v) is 2.57. The highest BCUT2D eigenvalue weighted by Crippen LogP contribution is 2.17. The van der Waals surface area contributed by atoms with E-state index in [1.807, 2.05) is 37.3 Å². The zero-order valence-electron chi connectivity index (χ0n) is 16.1. The van der Waals surface area contributed by atoms with E-state index in [0.29, 0.717) is 24.5 Å². The van der Waals surface area contributed by atoms with Crippen LogP contribution in [0, 0.1) is 0 Å². The van der Waals surface area contributed by atoms with E-state index in [0.717, 1.165) is 12.0 Å². The molecule has 0 aliphatic rings. The van der Waals surface area contributed by atoms with Gasteiger partial charge in [-0.3, -0.25) is 14.9 Å². The monoisotopic (exact) mass is 406 g/mol. The third kappa shape index (κ3) is 7.58. The van der Waals surface area contributed by atoms with Crippen molar-refractivity contribution in [1.82, 2.24) is 5.32 Å². The van der Waals surface area contributed by atoms with Crippen LogP contribution in [0.4, 0.5) is 5.69 Å². The molecule has 0 bridgehead atoms. The van der Waals surface area contributed by atoms with Gasteiger partial charge < -0.3 is 15.2 Å². The zero-order chi connectivity index (χ0) is 19.6. The van der Waals surface area contributed by atoms with E-state index in [1.165, 1.54) is 0 Å². The Labute approximate surface area is 171 Å². The van der Waals surface area contributed by atoms with Gasteiger partial charge in [0.15, 0.2) is 0 Å². The SMILES string of the molecule is CCCC(NC(C)C(=O)Nc1ccc(OCc2ccccc2)cc1)C(=O)O.Cl. The summed E-state index contributed by atoms with van der Waals surface area (Å²) in [5.74, 6) is -0.524. The van der Waals surface area contributed by atoms with Gasteiger partial charge in [0.25, 0.3) is 0 Å². The molecule has 6 nitrogen and oxygen atoms in total. The van der Waals surface area contributed by atoms with Crippen molar-refractivity contribution in [3.05, 3.63) is 60.2 Å². The van der Waals surface area contributed by atoms with Crippen LogP contribution >= 0.6 is 12.4 Å². The van der Waals surface area contributed by atoms with Gasteiger partial charge in [0.2, 0.25) is 5.91 Å². The minimum absolute atomic E-state index is 0. The first-order chi connectivity index (χ1) is 13.0. The molecule has 0 fully saturated rings. The van der Waals surface area contributed by atoms with Gasteiger partial charge in [-0.2, -0.15) is 0 Å².